The van der Waals surface area contributed by atoms with Gasteiger partial charge in [-0.3, -0.25) is 14.9 Å². The van der Waals surface area contributed by atoms with Crippen molar-refractivity contribution in [1.29, 1.82) is 0 Å². The van der Waals surface area contributed by atoms with Crippen LogP contribution in [0, 0.1) is 17.0 Å². The number of allylic oxidation sites excluding steroid dienone is 1. The maximum Gasteiger partial charge on any atom is 0.330 e. The van der Waals surface area contributed by atoms with E-state index in [1.54, 1.807) is 12.1 Å². The third kappa shape index (κ3) is 6.00. The summed E-state index contributed by atoms with van der Waals surface area (Å²) in [6.45, 7) is -1.50. The number of sulfonamides is 1. The van der Waals surface area contributed by atoms with Crippen molar-refractivity contribution in [3.05, 3.63) is 178 Å². The van der Waals surface area contributed by atoms with Gasteiger partial charge in [0.2, 0.25) is 0 Å². The number of ether oxygens (including phenoxy) is 1. The van der Waals surface area contributed by atoms with Gasteiger partial charge in [0.05, 0.1) is 27.9 Å². The highest BCUT2D eigenvalue weighted by Crippen LogP contribution is 2.52. The topological polar surface area (TPSA) is 124 Å². The molecule has 0 aromatic heterocycles. The van der Waals surface area contributed by atoms with E-state index in [0.29, 0.717) is 0 Å². The lowest BCUT2D eigenvalue weighted by molar-refractivity contribution is -0.384. The first-order valence-corrected chi connectivity index (χ1v) is 18.7. The van der Waals surface area contributed by atoms with Gasteiger partial charge in [-0.15, -0.1) is 0 Å². The maximum absolute atomic E-state index is 15.5. The average Bonchev–Trinajstić information content (AvgIpc) is 3.45. The average molecular weight is 703 g/mol. The van der Waals surface area contributed by atoms with E-state index in [1.165, 1.54) is 49.6 Å². The second-order valence-corrected chi connectivity index (χ2v) is 16.5. The van der Waals surface area contributed by atoms with E-state index >= 15 is 4.79 Å². The number of hydrogen-bond donors (Lipinski definition) is 0. The molecule has 6 rings (SSSR count). The molecule has 5 aromatic rings. The summed E-state index contributed by atoms with van der Waals surface area (Å²) < 4.78 is 35.3. The Hall–Kier alpha value is -5.83. The molecule has 0 radical (unpaired) electrons. The lowest BCUT2D eigenvalue weighted by Crippen LogP contribution is -2.38. The van der Waals surface area contributed by atoms with Gasteiger partial charge in [-0.2, -0.15) is 4.31 Å². The van der Waals surface area contributed by atoms with Gasteiger partial charge in [0.25, 0.3) is 21.6 Å². The number of benzene rings is 5. The van der Waals surface area contributed by atoms with Crippen molar-refractivity contribution in [3.8, 4) is 0 Å². The van der Waals surface area contributed by atoms with E-state index in [-0.39, 0.29) is 32.7 Å². The molecule has 0 N–H and O–H groups in total. The van der Waals surface area contributed by atoms with Crippen molar-refractivity contribution in [2.45, 2.75) is 11.8 Å². The maximum atomic E-state index is 15.5. The molecule has 1 aliphatic rings. The Morgan fingerprint density at radius 1 is 0.780 bits per heavy atom. The summed E-state index contributed by atoms with van der Waals surface area (Å²) >= 11 is 0. The van der Waals surface area contributed by atoms with Crippen LogP contribution in [0.4, 0.5) is 5.69 Å². The minimum atomic E-state index is -4.65. The minimum Gasteiger partial charge on any atom is -0.466 e. The zero-order valence-electron chi connectivity index (χ0n) is 27.0. The number of nitro benzene ring substituents is 1. The normalized spacial score (nSPS) is 13.6. The molecule has 9 nitrogen and oxygen atoms in total. The molecule has 1 aliphatic heterocycles. The standard InChI is InChI=1S/C39H31N2O7PS/c1-28-21-23-34(24-22-28)50(46,47)40-37(29-13-12-14-30(27-29)41(44)45)35(25-26-36(42)48-2)38(39(40)43)49(31-15-6-3-7-16-31,32-17-8-4-9-18-32)33-19-10-5-11-20-33/h3-27H,1-2H3/b26-25+. The number of nitro groups is 1. The van der Waals surface area contributed by atoms with Gasteiger partial charge in [-0.1, -0.05) is 121 Å². The highest BCUT2D eigenvalue weighted by Gasteiger charge is 2.48. The summed E-state index contributed by atoms with van der Waals surface area (Å²) in [6.07, 6.45) is 2.50. The van der Waals surface area contributed by atoms with Gasteiger partial charge in [-0.25, -0.2) is 13.2 Å². The number of nitrogens with zero attached hydrogens (tertiary/aromatic N) is 2. The molecule has 0 saturated carbocycles. The molecule has 0 aliphatic carbocycles. The first-order valence-electron chi connectivity index (χ1n) is 15.5. The summed E-state index contributed by atoms with van der Waals surface area (Å²) in [5.74, 6) is -1.59. The van der Waals surface area contributed by atoms with E-state index < -0.39 is 33.7 Å². The SMILES string of the molecule is COC(=O)/C=C/C1=C(c2cccc([N+](=O)[O-])c2)N(S(=O)(=O)c2ccc(C)cc2)C(=O)C1=P(c1ccccc1)(c1ccccc1)c1ccccc1. The second kappa shape index (κ2) is 14.0. The van der Waals surface area contributed by atoms with Crippen molar-refractivity contribution < 1.29 is 27.7 Å². The Kier molecular flexibility index (Phi) is 9.50. The lowest BCUT2D eigenvalue weighted by Gasteiger charge is -2.31. The van der Waals surface area contributed by atoms with Crippen molar-refractivity contribution in [3.63, 3.8) is 0 Å². The molecule has 0 unspecified atom stereocenters. The molecule has 50 heavy (non-hydrogen) atoms. The van der Waals surface area contributed by atoms with Crippen LogP contribution in [0.25, 0.3) is 5.70 Å². The zero-order chi connectivity index (χ0) is 35.5. The highest BCUT2D eigenvalue weighted by molar-refractivity contribution is 7.97. The van der Waals surface area contributed by atoms with Crippen LogP contribution in [0.5, 0.6) is 0 Å². The molecule has 1 heterocycles. The Balaban J connectivity index is 1.90. The summed E-state index contributed by atoms with van der Waals surface area (Å²) in [7, 11) is -3.44. The number of rotatable bonds is 9. The third-order valence-corrected chi connectivity index (χ3v) is 14.4. The molecule has 0 atom stereocenters. The van der Waals surface area contributed by atoms with Crippen LogP contribution in [0.2, 0.25) is 0 Å². The van der Waals surface area contributed by atoms with E-state index in [2.05, 4.69) is 0 Å². The summed E-state index contributed by atoms with van der Waals surface area (Å²) in [4.78, 5) is 39.4. The molecule has 0 saturated heterocycles. The van der Waals surface area contributed by atoms with Gasteiger partial charge in [0.1, 0.15) is 0 Å². The van der Waals surface area contributed by atoms with Crippen LogP contribution >= 0.6 is 6.89 Å². The number of carbonyl (C=O) groups is 2. The van der Waals surface area contributed by atoms with Gasteiger partial charge in [-0.05, 0) is 47.9 Å². The first kappa shape index (κ1) is 34.0. The van der Waals surface area contributed by atoms with Gasteiger partial charge in [0.15, 0.2) is 0 Å². The molecule has 0 bridgehead atoms. The van der Waals surface area contributed by atoms with E-state index in [4.69, 9.17) is 4.74 Å². The number of esters is 1. The fourth-order valence-electron chi connectivity index (χ4n) is 6.11. The molecular weight excluding hydrogens is 671 g/mol. The van der Waals surface area contributed by atoms with Crippen molar-refractivity contribution in [1.82, 2.24) is 4.31 Å². The van der Waals surface area contributed by atoms with Crippen LogP contribution in [0.1, 0.15) is 11.1 Å². The number of amides is 1. The monoisotopic (exact) mass is 702 g/mol. The number of carbonyl (C=O) groups excluding carboxylic acids is 2. The third-order valence-electron chi connectivity index (χ3n) is 8.34. The van der Waals surface area contributed by atoms with Crippen LogP contribution < -0.4 is 15.9 Å². The van der Waals surface area contributed by atoms with Crippen LogP contribution in [0.15, 0.2) is 162 Å². The number of methoxy groups -OCH3 is 1. The lowest BCUT2D eigenvalue weighted by atomic mass is 10.1. The van der Waals surface area contributed by atoms with Crippen LogP contribution in [0.3, 0.4) is 0 Å². The number of hydrogen-bond acceptors (Lipinski definition) is 7. The largest absolute Gasteiger partial charge is 0.466 e. The summed E-state index contributed by atoms with van der Waals surface area (Å²) in [5, 5.41) is 14.4. The smallest absolute Gasteiger partial charge is 0.330 e. The van der Waals surface area contributed by atoms with Crippen LogP contribution in [-0.2, 0) is 24.3 Å². The summed E-state index contributed by atoms with van der Waals surface area (Å²) in [5.41, 5.74) is 0.579. The molecule has 11 heteroatoms. The second-order valence-electron chi connectivity index (χ2n) is 11.3. The van der Waals surface area contributed by atoms with Crippen molar-refractivity contribution >= 4 is 61.4 Å². The first-order chi connectivity index (χ1) is 24.1. The Bertz CT molecular complexity index is 2240. The Morgan fingerprint density at radius 2 is 1.30 bits per heavy atom. The molecule has 5 aromatic carbocycles. The van der Waals surface area contributed by atoms with Crippen LogP contribution in [-0.4, -0.2) is 41.9 Å². The molecule has 0 spiro atoms. The summed E-state index contributed by atoms with van der Waals surface area (Å²) in [6, 6.07) is 39.6. The quantitative estimate of drug-likeness (QED) is 0.0631. The van der Waals surface area contributed by atoms with E-state index in [9.17, 15) is 23.3 Å². The minimum absolute atomic E-state index is 0.0926. The van der Waals surface area contributed by atoms with E-state index in [0.717, 1.165) is 31.9 Å². The Morgan fingerprint density at radius 3 is 1.78 bits per heavy atom. The fraction of sp³-hybridized carbons (Fsp3) is 0.0513. The predicted molar refractivity (Wildman–Crippen MR) is 197 cm³/mol. The van der Waals surface area contributed by atoms with Gasteiger partial charge >= 0.3 is 5.97 Å². The van der Waals surface area contributed by atoms with Gasteiger partial charge in [0, 0.05) is 29.3 Å². The number of non-ortho nitro benzene ring substituents is 1. The van der Waals surface area contributed by atoms with Crippen molar-refractivity contribution in [2.24, 2.45) is 0 Å². The Labute approximate surface area is 290 Å². The molecule has 0 fully saturated rings. The molecule has 1 amide bonds. The van der Waals surface area contributed by atoms with Crippen molar-refractivity contribution in [2.75, 3.05) is 7.11 Å². The fourth-order valence-corrected chi connectivity index (χ4v) is 12.1. The van der Waals surface area contributed by atoms with E-state index in [1.807, 2.05) is 97.9 Å². The van der Waals surface area contributed by atoms with Gasteiger partial charge < -0.3 is 4.74 Å². The highest BCUT2D eigenvalue weighted by atomic mass is 32.2. The zero-order valence-corrected chi connectivity index (χ0v) is 28.8. The molecule has 250 valence electrons. The number of aryl methyl sites for hydroxylation is 1. The predicted octanol–water partition coefficient (Wildman–Crippen LogP) is 5.74. The molecular formula is C39H31N2O7PS.